The van der Waals surface area contributed by atoms with Crippen LogP contribution in [0.5, 0.6) is 0 Å². The van der Waals surface area contributed by atoms with Gasteiger partial charge in [-0.05, 0) is 6.92 Å². The molecule has 1 aliphatic rings. The lowest BCUT2D eigenvalue weighted by Gasteiger charge is -2.18. The Hall–Kier alpha value is -1.96. The first kappa shape index (κ1) is 11.5. The molecule has 1 atom stereocenters. The van der Waals surface area contributed by atoms with Crippen molar-refractivity contribution >= 4 is 29.2 Å². The summed E-state index contributed by atoms with van der Waals surface area (Å²) in [6.45, 7) is 0.861. The van der Waals surface area contributed by atoms with Gasteiger partial charge in [0.1, 0.15) is 11.6 Å². The molecule has 2 N–H and O–H groups in total. The SMILES string of the molecule is CC1(c2nccs2)NC(=O)N(CC(=O)O)C1=O. The summed E-state index contributed by atoms with van der Waals surface area (Å²) in [6.07, 6.45) is 1.52. The summed E-state index contributed by atoms with van der Waals surface area (Å²) in [6, 6.07) is -0.713. The van der Waals surface area contributed by atoms with Crippen LogP contribution in [-0.2, 0) is 15.1 Å². The number of nitrogens with zero attached hydrogens (tertiary/aromatic N) is 2. The van der Waals surface area contributed by atoms with E-state index in [0.717, 1.165) is 0 Å². The van der Waals surface area contributed by atoms with Crippen LogP contribution in [0, 0.1) is 0 Å². The van der Waals surface area contributed by atoms with E-state index in [2.05, 4.69) is 10.3 Å². The van der Waals surface area contributed by atoms with Crippen molar-refractivity contribution in [3.05, 3.63) is 16.6 Å². The van der Waals surface area contributed by atoms with Crippen molar-refractivity contribution in [3.8, 4) is 0 Å². The number of carboxylic acid groups (broad SMARTS) is 1. The van der Waals surface area contributed by atoms with Crippen molar-refractivity contribution in [1.82, 2.24) is 15.2 Å². The first-order chi connectivity index (χ1) is 7.95. The maximum atomic E-state index is 12.0. The number of imide groups is 1. The number of aliphatic carboxylic acids is 1. The van der Waals surface area contributed by atoms with Crippen molar-refractivity contribution in [1.29, 1.82) is 0 Å². The topological polar surface area (TPSA) is 99.6 Å². The van der Waals surface area contributed by atoms with Gasteiger partial charge >= 0.3 is 12.0 Å². The summed E-state index contributed by atoms with van der Waals surface area (Å²) in [5.74, 6) is -1.84. The molecule has 0 radical (unpaired) electrons. The van der Waals surface area contributed by atoms with Crippen molar-refractivity contribution in [2.75, 3.05) is 6.54 Å². The average molecular weight is 255 g/mol. The quantitative estimate of drug-likeness (QED) is 0.740. The Labute approximate surface area is 100 Å². The number of carbonyl (C=O) groups is 3. The zero-order chi connectivity index (χ0) is 12.6. The maximum absolute atomic E-state index is 12.0. The van der Waals surface area contributed by atoms with Crippen LogP contribution in [-0.4, -0.2) is 39.4 Å². The summed E-state index contributed by atoms with van der Waals surface area (Å²) in [7, 11) is 0. The monoisotopic (exact) mass is 255 g/mol. The van der Waals surface area contributed by atoms with Crippen LogP contribution < -0.4 is 5.32 Å². The number of nitrogens with one attached hydrogen (secondary N) is 1. The number of hydrogen-bond acceptors (Lipinski definition) is 5. The van der Waals surface area contributed by atoms with E-state index in [1.54, 1.807) is 5.38 Å². The fourth-order valence-electron chi connectivity index (χ4n) is 1.59. The number of amides is 3. The van der Waals surface area contributed by atoms with Gasteiger partial charge in [0.05, 0.1) is 0 Å². The number of urea groups is 1. The third-order valence-electron chi connectivity index (χ3n) is 2.43. The molecular formula is C9H9N3O4S. The molecule has 0 saturated carbocycles. The molecular weight excluding hydrogens is 246 g/mol. The highest BCUT2D eigenvalue weighted by molar-refractivity contribution is 7.09. The molecule has 1 unspecified atom stereocenters. The Morgan fingerprint density at radius 1 is 1.65 bits per heavy atom. The minimum Gasteiger partial charge on any atom is -0.480 e. The Morgan fingerprint density at radius 2 is 2.35 bits per heavy atom. The third kappa shape index (κ3) is 1.76. The summed E-state index contributed by atoms with van der Waals surface area (Å²) in [4.78, 5) is 38.8. The number of rotatable bonds is 3. The molecule has 2 rings (SSSR count). The van der Waals surface area contributed by atoms with Gasteiger partial charge in [-0.15, -0.1) is 11.3 Å². The van der Waals surface area contributed by atoms with E-state index >= 15 is 0 Å². The normalized spacial score (nSPS) is 23.9. The van der Waals surface area contributed by atoms with Gasteiger partial charge in [0, 0.05) is 11.6 Å². The van der Waals surface area contributed by atoms with Gasteiger partial charge in [-0.2, -0.15) is 0 Å². The predicted octanol–water partition coefficient (Wildman–Crippen LogP) is -0.00530. The number of carboxylic acids is 1. The highest BCUT2D eigenvalue weighted by atomic mass is 32.1. The number of hydrogen-bond donors (Lipinski definition) is 2. The van der Waals surface area contributed by atoms with Gasteiger partial charge in [0.15, 0.2) is 5.54 Å². The van der Waals surface area contributed by atoms with Crippen LogP contribution in [0.2, 0.25) is 0 Å². The van der Waals surface area contributed by atoms with E-state index in [1.807, 2.05) is 0 Å². The zero-order valence-corrected chi connectivity index (χ0v) is 9.65. The Kier molecular flexibility index (Phi) is 2.58. The Bertz CT molecular complexity index is 486. The first-order valence-electron chi connectivity index (χ1n) is 4.71. The standard InChI is InChI=1S/C9H9N3O4S/c1-9(6-10-2-3-17-6)7(15)12(4-5(13)14)8(16)11-9/h2-3H,4H2,1H3,(H,11,16)(H,13,14). The van der Waals surface area contributed by atoms with E-state index < -0.39 is 30.0 Å². The van der Waals surface area contributed by atoms with Gasteiger partial charge in [-0.25, -0.2) is 9.78 Å². The lowest BCUT2D eigenvalue weighted by atomic mass is 10.0. The molecule has 90 valence electrons. The van der Waals surface area contributed by atoms with Crippen LogP contribution in [0.3, 0.4) is 0 Å². The van der Waals surface area contributed by atoms with Gasteiger partial charge in [0.25, 0.3) is 5.91 Å². The molecule has 1 saturated heterocycles. The molecule has 17 heavy (non-hydrogen) atoms. The van der Waals surface area contributed by atoms with Crippen molar-refractivity contribution in [2.24, 2.45) is 0 Å². The lowest BCUT2D eigenvalue weighted by molar-refractivity contribution is -0.142. The Morgan fingerprint density at radius 3 is 2.88 bits per heavy atom. The van der Waals surface area contributed by atoms with Crippen molar-refractivity contribution < 1.29 is 19.5 Å². The van der Waals surface area contributed by atoms with Crippen LogP contribution in [0.1, 0.15) is 11.9 Å². The molecule has 1 aromatic heterocycles. The highest BCUT2D eigenvalue weighted by Crippen LogP contribution is 2.29. The summed E-state index contributed by atoms with van der Waals surface area (Å²) in [5.41, 5.74) is -1.26. The molecule has 1 fully saturated rings. The van der Waals surface area contributed by atoms with Crippen LogP contribution in [0.25, 0.3) is 0 Å². The van der Waals surface area contributed by atoms with Crippen LogP contribution in [0.15, 0.2) is 11.6 Å². The fraction of sp³-hybridized carbons (Fsp3) is 0.333. The molecule has 7 nitrogen and oxygen atoms in total. The van der Waals surface area contributed by atoms with E-state index in [1.165, 1.54) is 24.5 Å². The third-order valence-corrected chi connectivity index (χ3v) is 3.42. The molecule has 1 aromatic rings. The maximum Gasteiger partial charge on any atom is 0.325 e. The Balaban J connectivity index is 2.32. The summed E-state index contributed by atoms with van der Waals surface area (Å²) < 4.78 is 0. The van der Waals surface area contributed by atoms with E-state index in [-0.39, 0.29) is 0 Å². The number of carbonyl (C=O) groups excluding carboxylic acids is 2. The largest absolute Gasteiger partial charge is 0.480 e. The molecule has 0 bridgehead atoms. The zero-order valence-electron chi connectivity index (χ0n) is 8.84. The molecule has 1 aliphatic heterocycles. The lowest BCUT2D eigenvalue weighted by Crippen LogP contribution is -2.41. The van der Waals surface area contributed by atoms with Gasteiger partial charge in [-0.3, -0.25) is 14.5 Å². The number of aromatic nitrogens is 1. The van der Waals surface area contributed by atoms with Crippen LogP contribution >= 0.6 is 11.3 Å². The minimum atomic E-state index is -1.26. The molecule has 8 heteroatoms. The highest BCUT2D eigenvalue weighted by Gasteiger charge is 2.51. The summed E-state index contributed by atoms with van der Waals surface area (Å²) >= 11 is 1.22. The smallest absolute Gasteiger partial charge is 0.325 e. The average Bonchev–Trinajstić information content (AvgIpc) is 2.83. The fourth-order valence-corrected chi connectivity index (χ4v) is 2.34. The van der Waals surface area contributed by atoms with Crippen molar-refractivity contribution in [3.63, 3.8) is 0 Å². The van der Waals surface area contributed by atoms with Crippen molar-refractivity contribution in [2.45, 2.75) is 12.5 Å². The van der Waals surface area contributed by atoms with Crippen LogP contribution in [0.4, 0.5) is 4.79 Å². The minimum absolute atomic E-state index is 0.434. The molecule has 0 aromatic carbocycles. The number of thiazole rings is 1. The second-order valence-corrected chi connectivity index (χ2v) is 4.57. The first-order valence-corrected chi connectivity index (χ1v) is 5.59. The van der Waals surface area contributed by atoms with E-state index in [4.69, 9.17) is 5.11 Å². The molecule has 3 amide bonds. The predicted molar refractivity (Wildman–Crippen MR) is 57.3 cm³/mol. The van der Waals surface area contributed by atoms with E-state index in [0.29, 0.717) is 9.91 Å². The molecule has 0 aliphatic carbocycles. The van der Waals surface area contributed by atoms with Gasteiger partial charge < -0.3 is 10.4 Å². The van der Waals surface area contributed by atoms with E-state index in [9.17, 15) is 14.4 Å². The molecule has 0 spiro atoms. The van der Waals surface area contributed by atoms with Gasteiger partial charge in [0.2, 0.25) is 0 Å². The molecule has 2 heterocycles. The second kappa shape index (κ2) is 3.81. The summed E-state index contributed by atoms with van der Waals surface area (Å²) in [5, 5.41) is 13.2. The second-order valence-electron chi connectivity index (χ2n) is 3.68. The van der Waals surface area contributed by atoms with Gasteiger partial charge in [-0.1, -0.05) is 0 Å².